The summed E-state index contributed by atoms with van der Waals surface area (Å²) in [5, 5.41) is 4.67. The monoisotopic (exact) mass is 372 g/mol. The van der Waals surface area contributed by atoms with Gasteiger partial charge in [0.15, 0.2) is 0 Å². The number of rotatable bonds is 4. The van der Waals surface area contributed by atoms with E-state index in [1.807, 2.05) is 22.7 Å². The molecule has 2 aromatic rings. The summed E-state index contributed by atoms with van der Waals surface area (Å²) in [5.41, 5.74) is 2.82. The topological polar surface area (TPSA) is 0 Å². The van der Waals surface area contributed by atoms with Crippen molar-refractivity contribution >= 4 is 29.0 Å². The molecule has 4 rings (SSSR count). The molecule has 0 bridgehead atoms. The number of hydrogen-bond acceptors (Lipinski definition) is 2. The molecule has 0 atom stereocenters. The van der Waals surface area contributed by atoms with E-state index in [1.165, 1.54) is 11.1 Å². The van der Waals surface area contributed by atoms with Gasteiger partial charge in [0.1, 0.15) is 0 Å². The van der Waals surface area contributed by atoms with Crippen LogP contribution in [0.1, 0.15) is 24.0 Å². The van der Waals surface area contributed by atoms with Crippen molar-refractivity contribution in [3.63, 3.8) is 0 Å². The molecule has 2 aliphatic carbocycles. The molecule has 0 N–H and O–H groups in total. The third-order valence-electron chi connectivity index (χ3n) is 4.71. The number of thiophene rings is 2. The van der Waals surface area contributed by atoms with Crippen LogP contribution in [0.25, 0.3) is 0 Å². The molecule has 0 fully saturated rings. The summed E-state index contributed by atoms with van der Waals surface area (Å²) in [6, 6.07) is 4.94. The second-order valence-electron chi connectivity index (χ2n) is 6.37. The molecule has 2 heterocycles. The average molecular weight is 372 g/mol. The fourth-order valence-corrected chi connectivity index (χ4v) is 17.6. The average Bonchev–Trinajstić information content (AvgIpc) is 3.29. The van der Waals surface area contributed by atoms with E-state index in [1.54, 1.807) is 14.1 Å². The van der Waals surface area contributed by atoms with Crippen LogP contribution >= 0.6 is 22.7 Å². The van der Waals surface area contributed by atoms with Crippen LogP contribution in [-0.2, 0) is 16.6 Å². The molecule has 0 unspecified atom stereocenters. The normalized spacial score (nSPS) is 17.0. The van der Waals surface area contributed by atoms with Gasteiger partial charge in [0.05, 0.1) is 0 Å². The first-order valence-electron chi connectivity index (χ1n) is 8.05. The van der Waals surface area contributed by atoms with Crippen molar-refractivity contribution in [2.24, 2.45) is 0 Å². The summed E-state index contributed by atoms with van der Waals surface area (Å²) in [5.74, 6) is 0. The van der Waals surface area contributed by atoms with Gasteiger partial charge in [-0.05, 0) is 0 Å². The van der Waals surface area contributed by atoms with E-state index >= 15 is 0 Å². The molecular formula is C20H20S2Ti. The Morgan fingerprint density at radius 1 is 0.783 bits per heavy atom. The van der Waals surface area contributed by atoms with Gasteiger partial charge in [-0.15, -0.1) is 0 Å². The predicted molar refractivity (Wildman–Crippen MR) is 101 cm³/mol. The Morgan fingerprint density at radius 2 is 1.26 bits per heavy atom. The van der Waals surface area contributed by atoms with Gasteiger partial charge in [-0.2, -0.15) is 0 Å². The zero-order chi connectivity index (χ0) is 15.9. The molecule has 0 saturated heterocycles. The maximum atomic E-state index is 2.47. The van der Waals surface area contributed by atoms with Gasteiger partial charge < -0.3 is 0 Å². The van der Waals surface area contributed by atoms with Crippen LogP contribution in [0.4, 0.5) is 0 Å². The minimum absolute atomic E-state index is 1.13. The van der Waals surface area contributed by atoms with Crippen molar-refractivity contribution in [3.05, 3.63) is 78.2 Å². The van der Waals surface area contributed by atoms with Crippen molar-refractivity contribution in [1.82, 2.24) is 0 Å². The Morgan fingerprint density at radius 3 is 1.57 bits per heavy atom. The Kier molecular flexibility index (Phi) is 4.19. The van der Waals surface area contributed by atoms with E-state index in [9.17, 15) is 0 Å². The van der Waals surface area contributed by atoms with Crippen molar-refractivity contribution in [2.45, 2.75) is 26.7 Å². The predicted octanol–water partition coefficient (Wildman–Crippen LogP) is 5.22. The number of aryl methyl sites for hydroxylation is 2. The van der Waals surface area contributed by atoms with E-state index in [4.69, 9.17) is 0 Å². The standard InChI is InChI=1S/2C5H5S.2C5H5.Ti/c2*1-5-2-3-6-4-5;2*1-2-4-5-3-1;/h2*2,4H,1H3;2*1-3H,4H2;. The molecule has 2 aliphatic rings. The fourth-order valence-electron chi connectivity index (χ4n) is 3.67. The summed E-state index contributed by atoms with van der Waals surface area (Å²) < 4.78 is 6.69. The number of allylic oxidation sites excluding steroid dienone is 8. The molecule has 0 saturated carbocycles. The van der Waals surface area contributed by atoms with Crippen LogP contribution in [0, 0.1) is 13.8 Å². The van der Waals surface area contributed by atoms with Gasteiger partial charge in [0.25, 0.3) is 0 Å². The first-order valence-corrected chi connectivity index (χ1v) is 12.9. The fraction of sp³-hybridized carbons (Fsp3) is 0.200. The van der Waals surface area contributed by atoms with E-state index in [0.29, 0.717) is 0 Å². The number of hydrogen-bond donors (Lipinski definition) is 0. The van der Waals surface area contributed by atoms with Crippen LogP contribution in [-0.4, -0.2) is 0 Å². The van der Waals surface area contributed by atoms with Gasteiger partial charge in [0.2, 0.25) is 0 Å². The summed E-state index contributed by atoms with van der Waals surface area (Å²) in [6.45, 7) is 4.46. The Balaban J connectivity index is 2.00. The molecule has 0 amide bonds. The molecule has 116 valence electrons. The van der Waals surface area contributed by atoms with E-state index in [2.05, 4.69) is 73.2 Å². The van der Waals surface area contributed by atoms with Crippen molar-refractivity contribution < 1.29 is 16.6 Å². The second kappa shape index (κ2) is 6.18. The van der Waals surface area contributed by atoms with Gasteiger partial charge in [-0.25, -0.2) is 0 Å². The molecule has 23 heavy (non-hydrogen) atoms. The van der Waals surface area contributed by atoms with E-state index in [0.717, 1.165) is 12.8 Å². The van der Waals surface area contributed by atoms with Crippen LogP contribution < -0.4 is 6.36 Å². The molecule has 2 aromatic heterocycles. The third kappa shape index (κ3) is 2.53. The summed E-state index contributed by atoms with van der Waals surface area (Å²) in [6.07, 6.45) is 16.3. The second-order valence-corrected chi connectivity index (χ2v) is 15.4. The molecule has 0 nitrogen and oxygen atoms in total. The van der Waals surface area contributed by atoms with Crippen LogP contribution in [0.15, 0.2) is 67.1 Å². The van der Waals surface area contributed by atoms with Gasteiger partial charge in [-0.1, -0.05) is 0 Å². The Bertz CT molecular complexity index is 786. The van der Waals surface area contributed by atoms with Crippen LogP contribution in [0.5, 0.6) is 0 Å². The molecule has 0 aromatic carbocycles. The van der Waals surface area contributed by atoms with Gasteiger partial charge in [-0.3, -0.25) is 0 Å². The third-order valence-corrected chi connectivity index (χ3v) is 17.0. The van der Waals surface area contributed by atoms with E-state index < -0.39 is 16.6 Å². The van der Waals surface area contributed by atoms with E-state index in [-0.39, 0.29) is 0 Å². The molecule has 3 heteroatoms. The quantitative estimate of drug-likeness (QED) is 0.646. The van der Waals surface area contributed by atoms with Crippen molar-refractivity contribution in [1.29, 1.82) is 0 Å². The van der Waals surface area contributed by atoms with Gasteiger partial charge in [0, 0.05) is 0 Å². The van der Waals surface area contributed by atoms with Crippen molar-refractivity contribution in [3.8, 4) is 0 Å². The van der Waals surface area contributed by atoms with Crippen LogP contribution in [0.2, 0.25) is 0 Å². The molecule has 0 aliphatic heterocycles. The minimum atomic E-state index is -2.68. The molecule has 0 radical (unpaired) electrons. The zero-order valence-corrected chi connectivity index (χ0v) is 16.7. The molecular weight excluding hydrogens is 352 g/mol. The summed E-state index contributed by atoms with van der Waals surface area (Å²) in [7, 11) is 0. The molecule has 0 spiro atoms. The zero-order valence-electron chi connectivity index (χ0n) is 13.5. The summed E-state index contributed by atoms with van der Waals surface area (Å²) >= 11 is 1.29. The Hall–Kier alpha value is -0.926. The first-order chi connectivity index (χ1) is 11.2. The maximum absolute atomic E-state index is 2.68. The van der Waals surface area contributed by atoms with Crippen LogP contribution in [0.3, 0.4) is 0 Å². The summed E-state index contributed by atoms with van der Waals surface area (Å²) in [4.78, 5) is 0. The first kappa shape index (κ1) is 15.6. The SMILES string of the molecule is Cc1cs[c]([Ti]([C]2=CC=CC2)([C]2=CC=CC2)[c]2cc(C)cs2)c1. The Labute approximate surface area is 149 Å². The van der Waals surface area contributed by atoms with Crippen molar-refractivity contribution in [2.75, 3.05) is 0 Å². The van der Waals surface area contributed by atoms with Gasteiger partial charge >= 0.3 is 151 Å².